The highest BCUT2D eigenvalue weighted by molar-refractivity contribution is 7.99. The maximum atomic E-state index is 13.1. The summed E-state index contributed by atoms with van der Waals surface area (Å²) < 4.78 is 45.4. The second-order valence-corrected chi connectivity index (χ2v) is 6.66. The van der Waals surface area contributed by atoms with E-state index in [4.69, 9.17) is 16.3 Å². The number of aromatic nitrogens is 3. The molecule has 2 N–H and O–H groups in total. The van der Waals surface area contributed by atoms with Gasteiger partial charge in [-0.15, -0.1) is 5.10 Å². The lowest BCUT2D eigenvalue weighted by Gasteiger charge is -2.15. The third-order valence-electron chi connectivity index (χ3n) is 3.37. The second-order valence-electron chi connectivity index (χ2n) is 5.31. The number of carbonyl (C=O) groups is 1. The molecule has 0 fully saturated rings. The Kier molecular flexibility index (Phi) is 7.33. The summed E-state index contributed by atoms with van der Waals surface area (Å²) in [6.07, 6.45) is -4.10. The monoisotopic (exact) mass is 424 g/mol. The molecule has 1 heterocycles. The van der Waals surface area contributed by atoms with Crippen LogP contribution in [0.25, 0.3) is 0 Å². The number of hydrogen-bond donors (Lipinski definition) is 2. The molecule has 1 aromatic carbocycles. The first-order chi connectivity index (χ1) is 12.7. The first-order valence-electron chi connectivity index (χ1n) is 7.66. The van der Waals surface area contributed by atoms with Crippen molar-refractivity contribution in [3.05, 3.63) is 39.3 Å². The van der Waals surface area contributed by atoms with Crippen molar-refractivity contribution in [2.75, 3.05) is 24.8 Å². The Labute approximate surface area is 161 Å². The van der Waals surface area contributed by atoms with E-state index in [1.54, 1.807) is 0 Å². The predicted octanol–water partition coefficient (Wildman–Crippen LogP) is 3.01. The van der Waals surface area contributed by atoms with E-state index in [1.807, 2.05) is 0 Å². The van der Waals surface area contributed by atoms with Gasteiger partial charge in [0.25, 0.3) is 0 Å². The Morgan fingerprint density at radius 1 is 1.44 bits per heavy atom. The van der Waals surface area contributed by atoms with Gasteiger partial charge in [-0.3, -0.25) is 9.36 Å². The largest absolute Gasteiger partial charge is 0.418 e. The van der Waals surface area contributed by atoms with Crippen LogP contribution in [0.5, 0.6) is 0 Å². The number of nitrogens with one attached hydrogen (secondary N) is 2. The number of aromatic amines is 1. The summed E-state index contributed by atoms with van der Waals surface area (Å²) >= 11 is 6.72. The van der Waals surface area contributed by atoms with E-state index in [2.05, 4.69) is 15.5 Å². The zero-order chi connectivity index (χ0) is 20.0. The fourth-order valence-electron chi connectivity index (χ4n) is 2.17. The van der Waals surface area contributed by atoms with Gasteiger partial charge in [-0.05, 0) is 18.6 Å². The molecule has 0 saturated carbocycles. The van der Waals surface area contributed by atoms with Crippen LogP contribution in [0.4, 0.5) is 18.9 Å². The number of ether oxygens (including phenoxy) is 1. The van der Waals surface area contributed by atoms with Gasteiger partial charge in [0.15, 0.2) is 5.16 Å². The molecule has 1 amide bonds. The normalized spacial score (nSPS) is 11.6. The van der Waals surface area contributed by atoms with E-state index in [9.17, 15) is 22.8 Å². The number of para-hydroxylation sites is 1. The van der Waals surface area contributed by atoms with Gasteiger partial charge in [0.2, 0.25) is 5.91 Å². The third-order valence-corrected chi connectivity index (χ3v) is 4.66. The molecule has 0 unspecified atom stereocenters. The molecule has 0 aliphatic rings. The van der Waals surface area contributed by atoms with Gasteiger partial charge < -0.3 is 10.1 Å². The van der Waals surface area contributed by atoms with Crippen molar-refractivity contribution in [2.45, 2.75) is 24.3 Å². The molecule has 0 spiro atoms. The van der Waals surface area contributed by atoms with Gasteiger partial charge in [0, 0.05) is 20.3 Å². The second kappa shape index (κ2) is 9.29. The Morgan fingerprint density at radius 2 is 2.19 bits per heavy atom. The summed E-state index contributed by atoms with van der Waals surface area (Å²) in [7, 11) is 1.53. The van der Waals surface area contributed by atoms with Crippen molar-refractivity contribution >= 4 is 35.0 Å². The Hall–Kier alpha value is -1.98. The Bertz CT molecular complexity index is 854. The summed E-state index contributed by atoms with van der Waals surface area (Å²) in [6.45, 7) is 0.769. The SMILES string of the molecule is COCCCn1c(SCC(=O)Nc2c(Cl)cccc2C(F)(F)F)n[nH]c1=O. The van der Waals surface area contributed by atoms with Crippen LogP contribution in [-0.4, -0.2) is 40.1 Å². The topological polar surface area (TPSA) is 89.0 Å². The van der Waals surface area contributed by atoms with Crippen LogP contribution < -0.4 is 11.0 Å². The van der Waals surface area contributed by atoms with E-state index >= 15 is 0 Å². The van der Waals surface area contributed by atoms with Crippen molar-refractivity contribution in [2.24, 2.45) is 0 Å². The minimum absolute atomic E-state index is 0.223. The quantitative estimate of drug-likeness (QED) is 0.502. The molecule has 0 atom stereocenters. The van der Waals surface area contributed by atoms with Gasteiger partial charge in [-0.2, -0.15) is 13.2 Å². The lowest BCUT2D eigenvalue weighted by Crippen LogP contribution is -2.20. The number of carbonyl (C=O) groups excluding carboxylic acids is 1. The molecule has 12 heteroatoms. The molecule has 2 aromatic rings. The number of alkyl halides is 3. The minimum Gasteiger partial charge on any atom is -0.385 e. The fraction of sp³-hybridized carbons (Fsp3) is 0.400. The van der Waals surface area contributed by atoms with Gasteiger partial charge in [0.05, 0.1) is 22.0 Å². The fourth-order valence-corrected chi connectivity index (χ4v) is 3.16. The number of halogens is 4. The van der Waals surface area contributed by atoms with Crippen LogP contribution in [0.15, 0.2) is 28.2 Å². The zero-order valence-corrected chi connectivity index (χ0v) is 15.7. The van der Waals surface area contributed by atoms with Crippen LogP contribution in [0, 0.1) is 0 Å². The highest BCUT2D eigenvalue weighted by atomic mass is 35.5. The number of H-pyrrole nitrogens is 1. The number of benzene rings is 1. The van der Waals surface area contributed by atoms with Crippen LogP contribution in [0.1, 0.15) is 12.0 Å². The average molecular weight is 425 g/mol. The maximum absolute atomic E-state index is 13.1. The van der Waals surface area contributed by atoms with E-state index in [-0.39, 0.29) is 15.9 Å². The minimum atomic E-state index is -4.66. The predicted molar refractivity (Wildman–Crippen MR) is 95.1 cm³/mol. The average Bonchev–Trinajstić information content (AvgIpc) is 2.94. The van der Waals surface area contributed by atoms with Crippen LogP contribution in [-0.2, 0) is 22.3 Å². The zero-order valence-electron chi connectivity index (χ0n) is 14.1. The first-order valence-corrected chi connectivity index (χ1v) is 9.03. The molecule has 148 valence electrons. The van der Waals surface area contributed by atoms with Crippen LogP contribution >= 0.6 is 23.4 Å². The number of anilines is 1. The molecule has 0 aliphatic heterocycles. The molecule has 0 aliphatic carbocycles. The summed E-state index contributed by atoms with van der Waals surface area (Å²) in [5.41, 5.74) is -1.99. The number of nitrogens with zero attached hydrogens (tertiary/aromatic N) is 2. The molecule has 2 rings (SSSR count). The molecule has 0 saturated heterocycles. The van der Waals surface area contributed by atoms with Crippen LogP contribution in [0.3, 0.4) is 0 Å². The van der Waals surface area contributed by atoms with Crippen LogP contribution in [0.2, 0.25) is 5.02 Å². The number of methoxy groups -OCH3 is 1. The number of amides is 1. The summed E-state index contributed by atoms with van der Waals surface area (Å²) in [5, 5.41) is 8.28. The highest BCUT2D eigenvalue weighted by Gasteiger charge is 2.34. The first kappa shape index (κ1) is 21.3. The smallest absolute Gasteiger partial charge is 0.385 e. The molecule has 27 heavy (non-hydrogen) atoms. The van der Waals surface area contributed by atoms with E-state index in [0.717, 1.165) is 23.9 Å². The van der Waals surface area contributed by atoms with Gasteiger partial charge in [-0.1, -0.05) is 29.4 Å². The lowest BCUT2D eigenvalue weighted by molar-refractivity contribution is -0.137. The van der Waals surface area contributed by atoms with Crippen molar-refractivity contribution in [1.82, 2.24) is 14.8 Å². The molecule has 1 aromatic heterocycles. The molecule has 0 radical (unpaired) electrons. The van der Waals surface area contributed by atoms with E-state index in [0.29, 0.717) is 19.6 Å². The van der Waals surface area contributed by atoms with Gasteiger partial charge in [-0.25, -0.2) is 9.89 Å². The summed E-state index contributed by atoms with van der Waals surface area (Å²) in [6, 6.07) is 3.23. The molecule has 7 nitrogen and oxygen atoms in total. The lowest BCUT2D eigenvalue weighted by atomic mass is 10.1. The van der Waals surface area contributed by atoms with Crippen molar-refractivity contribution in [1.29, 1.82) is 0 Å². The molecular weight excluding hydrogens is 409 g/mol. The number of thioether (sulfide) groups is 1. The number of hydrogen-bond acceptors (Lipinski definition) is 5. The Morgan fingerprint density at radius 3 is 2.85 bits per heavy atom. The van der Waals surface area contributed by atoms with E-state index < -0.39 is 29.0 Å². The van der Waals surface area contributed by atoms with Crippen molar-refractivity contribution in [3.8, 4) is 0 Å². The summed E-state index contributed by atoms with van der Waals surface area (Å²) in [4.78, 5) is 23.8. The standard InChI is InChI=1S/C15H16ClF3N4O3S/c1-26-7-3-6-23-13(25)21-22-14(23)27-8-11(24)20-12-9(15(17,18)19)4-2-5-10(12)16/h2,4-5H,3,6-8H2,1H3,(H,20,24)(H,21,25). The third kappa shape index (κ3) is 5.75. The van der Waals surface area contributed by atoms with Crippen molar-refractivity contribution in [3.63, 3.8) is 0 Å². The molecular formula is C15H16ClF3N4O3S. The van der Waals surface area contributed by atoms with Gasteiger partial charge in [0.1, 0.15) is 0 Å². The number of rotatable bonds is 8. The summed E-state index contributed by atoms with van der Waals surface area (Å²) in [5.74, 6) is -0.964. The van der Waals surface area contributed by atoms with E-state index in [1.165, 1.54) is 17.7 Å². The molecule has 0 bridgehead atoms. The maximum Gasteiger partial charge on any atom is 0.418 e. The van der Waals surface area contributed by atoms with Crippen molar-refractivity contribution < 1.29 is 22.7 Å². The Balaban J connectivity index is 2.05. The highest BCUT2D eigenvalue weighted by Crippen LogP contribution is 2.38. The van der Waals surface area contributed by atoms with Gasteiger partial charge >= 0.3 is 11.9 Å².